The van der Waals surface area contributed by atoms with Crippen LogP contribution in [0.15, 0.2) is 0 Å². The van der Waals surface area contributed by atoms with Gasteiger partial charge in [0.1, 0.15) is 18.6 Å². The fourth-order valence-corrected chi connectivity index (χ4v) is 2.26. The first-order valence-electron chi connectivity index (χ1n) is 8.51. The number of aliphatic carboxylic acids is 1. The van der Waals surface area contributed by atoms with Crippen LogP contribution >= 0.6 is 12.6 Å². The second kappa shape index (κ2) is 11.7. The van der Waals surface area contributed by atoms with Crippen molar-refractivity contribution < 1.29 is 24.3 Å². The van der Waals surface area contributed by atoms with Crippen LogP contribution in [0.1, 0.15) is 34.1 Å². The quantitative estimate of drug-likeness (QED) is 0.252. The molecule has 9 nitrogen and oxygen atoms in total. The molecule has 6 N–H and O–H groups in total. The highest BCUT2D eigenvalue weighted by Crippen LogP contribution is 2.10. The van der Waals surface area contributed by atoms with Gasteiger partial charge in [-0.2, -0.15) is 12.6 Å². The molecular formula is C16H30N4O5S. The van der Waals surface area contributed by atoms with Gasteiger partial charge in [0.05, 0.1) is 6.04 Å². The first-order chi connectivity index (χ1) is 12.0. The second-order valence-electron chi connectivity index (χ2n) is 6.50. The average molecular weight is 391 g/mol. The van der Waals surface area contributed by atoms with Crippen LogP contribution in [0.3, 0.4) is 0 Å². The number of carbonyl (C=O) groups excluding carboxylic acids is 3. The smallest absolute Gasteiger partial charge is 0.322 e. The molecule has 0 heterocycles. The van der Waals surface area contributed by atoms with Crippen molar-refractivity contribution >= 4 is 36.3 Å². The summed E-state index contributed by atoms with van der Waals surface area (Å²) in [6.07, 6.45) is 0.592. The SMILES string of the molecule is CCC(C)C(NC(=O)C(NC(=O)C(N)CS)C(C)C)C(=O)NCC(=O)O. The molecule has 0 bridgehead atoms. The van der Waals surface area contributed by atoms with Gasteiger partial charge in [-0.3, -0.25) is 19.2 Å². The third kappa shape index (κ3) is 8.05. The molecular weight excluding hydrogens is 360 g/mol. The minimum Gasteiger partial charge on any atom is -0.480 e. The van der Waals surface area contributed by atoms with E-state index in [0.29, 0.717) is 6.42 Å². The molecule has 0 aliphatic carbocycles. The number of amides is 3. The molecule has 0 saturated carbocycles. The van der Waals surface area contributed by atoms with E-state index in [-0.39, 0.29) is 17.6 Å². The summed E-state index contributed by atoms with van der Waals surface area (Å²) in [6.45, 7) is 6.58. The minimum atomic E-state index is -1.18. The van der Waals surface area contributed by atoms with Gasteiger partial charge < -0.3 is 26.8 Å². The Morgan fingerprint density at radius 1 is 1.00 bits per heavy atom. The normalized spacial score (nSPS) is 15.5. The maximum absolute atomic E-state index is 12.6. The lowest BCUT2D eigenvalue weighted by Crippen LogP contribution is -2.59. The lowest BCUT2D eigenvalue weighted by molar-refractivity contribution is -0.139. The summed E-state index contributed by atoms with van der Waals surface area (Å²) in [7, 11) is 0. The molecule has 4 atom stereocenters. The van der Waals surface area contributed by atoms with Crippen molar-refractivity contribution in [3.05, 3.63) is 0 Å². The van der Waals surface area contributed by atoms with Crippen LogP contribution in [-0.4, -0.2) is 59.2 Å². The van der Waals surface area contributed by atoms with Crippen LogP contribution in [0.2, 0.25) is 0 Å². The van der Waals surface area contributed by atoms with Crippen molar-refractivity contribution in [1.82, 2.24) is 16.0 Å². The van der Waals surface area contributed by atoms with Gasteiger partial charge in [0.2, 0.25) is 17.7 Å². The molecule has 0 aliphatic rings. The van der Waals surface area contributed by atoms with Gasteiger partial charge in [-0.1, -0.05) is 34.1 Å². The topological polar surface area (TPSA) is 151 Å². The summed E-state index contributed by atoms with van der Waals surface area (Å²) in [5.74, 6) is -3.15. The van der Waals surface area contributed by atoms with Gasteiger partial charge in [-0.15, -0.1) is 0 Å². The van der Waals surface area contributed by atoms with Crippen LogP contribution in [0.4, 0.5) is 0 Å². The Balaban J connectivity index is 5.19. The number of carboxylic acids is 1. The molecule has 0 saturated heterocycles. The first-order valence-corrected chi connectivity index (χ1v) is 9.14. The molecule has 0 rings (SSSR count). The lowest BCUT2D eigenvalue weighted by Gasteiger charge is -2.28. The average Bonchev–Trinajstić information content (AvgIpc) is 2.59. The van der Waals surface area contributed by atoms with Crippen molar-refractivity contribution in [3.63, 3.8) is 0 Å². The Hall–Kier alpha value is -1.81. The number of thiol groups is 1. The third-order valence-corrected chi connectivity index (χ3v) is 4.38. The highest BCUT2D eigenvalue weighted by Gasteiger charge is 2.31. The number of hydrogen-bond donors (Lipinski definition) is 6. The van der Waals surface area contributed by atoms with E-state index in [2.05, 4.69) is 28.6 Å². The number of nitrogens with one attached hydrogen (secondary N) is 3. The molecule has 4 unspecified atom stereocenters. The largest absolute Gasteiger partial charge is 0.480 e. The van der Waals surface area contributed by atoms with E-state index in [1.54, 1.807) is 20.8 Å². The molecule has 0 aromatic rings. The van der Waals surface area contributed by atoms with Crippen molar-refractivity contribution in [2.45, 2.75) is 52.2 Å². The fraction of sp³-hybridized carbons (Fsp3) is 0.750. The molecule has 3 amide bonds. The zero-order valence-corrected chi connectivity index (χ0v) is 16.5. The molecule has 0 fully saturated rings. The van der Waals surface area contributed by atoms with Gasteiger partial charge in [-0.05, 0) is 11.8 Å². The van der Waals surface area contributed by atoms with Crippen molar-refractivity contribution in [2.75, 3.05) is 12.3 Å². The van der Waals surface area contributed by atoms with E-state index in [4.69, 9.17) is 10.8 Å². The van der Waals surface area contributed by atoms with E-state index >= 15 is 0 Å². The van der Waals surface area contributed by atoms with Gasteiger partial charge in [0.15, 0.2) is 0 Å². The van der Waals surface area contributed by atoms with Gasteiger partial charge in [0, 0.05) is 5.75 Å². The predicted molar refractivity (Wildman–Crippen MR) is 101 cm³/mol. The molecule has 0 radical (unpaired) electrons. The van der Waals surface area contributed by atoms with Crippen LogP contribution < -0.4 is 21.7 Å². The molecule has 26 heavy (non-hydrogen) atoms. The zero-order chi connectivity index (χ0) is 20.4. The summed E-state index contributed by atoms with van der Waals surface area (Å²) < 4.78 is 0. The highest BCUT2D eigenvalue weighted by molar-refractivity contribution is 7.80. The summed E-state index contributed by atoms with van der Waals surface area (Å²) in [6, 6.07) is -2.65. The minimum absolute atomic E-state index is 0.130. The maximum Gasteiger partial charge on any atom is 0.322 e. The summed E-state index contributed by atoms with van der Waals surface area (Å²) in [4.78, 5) is 47.5. The summed E-state index contributed by atoms with van der Waals surface area (Å²) in [5.41, 5.74) is 5.61. The Morgan fingerprint density at radius 2 is 1.54 bits per heavy atom. The van der Waals surface area contributed by atoms with Crippen molar-refractivity contribution in [1.29, 1.82) is 0 Å². The molecule has 150 valence electrons. The Kier molecular flexibility index (Phi) is 10.9. The number of rotatable bonds is 11. The second-order valence-corrected chi connectivity index (χ2v) is 6.87. The Labute approximate surface area is 159 Å². The molecule has 0 aliphatic heterocycles. The van der Waals surface area contributed by atoms with Crippen LogP contribution in [0, 0.1) is 11.8 Å². The van der Waals surface area contributed by atoms with Gasteiger partial charge in [0.25, 0.3) is 0 Å². The first kappa shape index (κ1) is 24.2. The van der Waals surface area contributed by atoms with E-state index < -0.39 is 48.4 Å². The van der Waals surface area contributed by atoms with E-state index in [1.807, 2.05) is 6.92 Å². The van der Waals surface area contributed by atoms with E-state index in [9.17, 15) is 19.2 Å². The van der Waals surface area contributed by atoms with Crippen LogP contribution in [0.25, 0.3) is 0 Å². The molecule has 0 aromatic carbocycles. The number of nitrogens with two attached hydrogens (primary N) is 1. The number of carbonyl (C=O) groups is 4. The monoisotopic (exact) mass is 390 g/mol. The van der Waals surface area contributed by atoms with Gasteiger partial charge >= 0.3 is 5.97 Å². The Bertz CT molecular complexity index is 515. The fourth-order valence-electron chi connectivity index (χ4n) is 2.10. The van der Waals surface area contributed by atoms with Crippen LogP contribution in [-0.2, 0) is 19.2 Å². The van der Waals surface area contributed by atoms with Crippen LogP contribution in [0.5, 0.6) is 0 Å². The van der Waals surface area contributed by atoms with E-state index in [1.165, 1.54) is 0 Å². The molecule has 10 heteroatoms. The number of hydrogen-bond acceptors (Lipinski definition) is 6. The molecule has 0 aromatic heterocycles. The predicted octanol–water partition coefficient (Wildman–Crippen LogP) is -0.884. The third-order valence-electron chi connectivity index (χ3n) is 3.99. The van der Waals surface area contributed by atoms with Crippen molar-refractivity contribution in [3.8, 4) is 0 Å². The van der Waals surface area contributed by atoms with Gasteiger partial charge in [-0.25, -0.2) is 0 Å². The standard InChI is InChI=1S/C16H30N4O5S/c1-5-9(4)13(15(24)18-6-11(21)22)20-16(25)12(8(2)3)19-14(23)10(17)7-26/h8-10,12-13,26H,5-7,17H2,1-4H3,(H,18,24)(H,19,23)(H,20,25)(H,21,22). The zero-order valence-electron chi connectivity index (χ0n) is 15.6. The molecule has 0 spiro atoms. The number of carboxylic acid groups (broad SMARTS) is 1. The lowest BCUT2D eigenvalue weighted by atomic mass is 9.96. The van der Waals surface area contributed by atoms with Crippen molar-refractivity contribution in [2.24, 2.45) is 17.6 Å². The highest BCUT2D eigenvalue weighted by atomic mass is 32.1. The summed E-state index contributed by atoms with van der Waals surface area (Å²) in [5, 5.41) is 16.1. The summed E-state index contributed by atoms with van der Waals surface area (Å²) >= 11 is 3.96. The van der Waals surface area contributed by atoms with E-state index in [0.717, 1.165) is 0 Å². The Morgan fingerprint density at radius 3 is 1.96 bits per heavy atom. The maximum atomic E-state index is 12.6.